The van der Waals surface area contributed by atoms with Gasteiger partial charge in [0, 0.05) is 20.1 Å². The number of pyridine rings is 2. The zero-order valence-corrected chi connectivity index (χ0v) is 14.1. The van der Waals surface area contributed by atoms with Gasteiger partial charge in [0.05, 0.1) is 18.6 Å². The lowest BCUT2D eigenvalue weighted by Crippen LogP contribution is -2.37. The summed E-state index contributed by atoms with van der Waals surface area (Å²) < 4.78 is 6.46. The third kappa shape index (κ3) is 3.18. The number of aliphatic carboxylic acids is 1. The number of ether oxygens (including phenoxy) is 1. The van der Waals surface area contributed by atoms with Gasteiger partial charge in [-0.05, 0) is 12.1 Å². The monoisotopic (exact) mass is 362 g/mol. The van der Waals surface area contributed by atoms with Gasteiger partial charge >= 0.3 is 5.97 Å². The molecular weight excluding hydrogens is 344 g/mol. The zero-order chi connectivity index (χ0) is 18.8. The number of hydrogen-bond acceptors (Lipinski definition) is 7. The molecule has 0 atom stereocenters. The lowest BCUT2D eigenvalue weighted by atomic mass is 10.1. The van der Waals surface area contributed by atoms with Gasteiger partial charge in [-0.1, -0.05) is 0 Å². The van der Waals surface area contributed by atoms with Crippen LogP contribution in [-0.2, 0) is 16.6 Å². The van der Waals surface area contributed by atoms with Crippen LogP contribution in [0.3, 0.4) is 0 Å². The Kier molecular flexibility index (Phi) is 4.76. The molecule has 3 heterocycles. The van der Waals surface area contributed by atoms with Crippen molar-refractivity contribution in [2.75, 3.05) is 37.7 Å². The number of anilines is 1. The highest BCUT2D eigenvalue weighted by atomic mass is 16.5. The Bertz CT molecular complexity index is 932. The van der Waals surface area contributed by atoms with Crippen LogP contribution in [0.5, 0.6) is 5.75 Å². The molecule has 1 saturated heterocycles. The van der Waals surface area contributed by atoms with Crippen molar-refractivity contribution in [3.63, 3.8) is 0 Å². The summed E-state index contributed by atoms with van der Waals surface area (Å²) in [6.45, 7) is 1.81. The third-order valence-corrected chi connectivity index (χ3v) is 4.15. The van der Waals surface area contributed by atoms with Crippen LogP contribution >= 0.6 is 0 Å². The van der Waals surface area contributed by atoms with E-state index in [4.69, 9.17) is 9.84 Å². The van der Waals surface area contributed by atoms with Crippen LogP contribution in [0, 0.1) is 0 Å². The van der Waals surface area contributed by atoms with Crippen molar-refractivity contribution in [3.8, 4) is 5.75 Å². The zero-order valence-electron chi connectivity index (χ0n) is 14.1. The van der Waals surface area contributed by atoms with Gasteiger partial charge in [-0.2, -0.15) is 0 Å². The third-order valence-electron chi connectivity index (χ3n) is 4.15. The molecular formula is C16H18N4O6. The Balaban J connectivity index is 2.06. The number of aryl methyl sites for hydroxylation is 1. The molecule has 1 aliphatic heterocycles. The van der Waals surface area contributed by atoms with E-state index >= 15 is 0 Å². The first-order valence-corrected chi connectivity index (χ1v) is 7.95. The van der Waals surface area contributed by atoms with Crippen LogP contribution in [0.25, 0.3) is 11.0 Å². The Morgan fingerprint density at radius 1 is 1.31 bits per heavy atom. The van der Waals surface area contributed by atoms with E-state index in [9.17, 15) is 19.5 Å². The van der Waals surface area contributed by atoms with Crippen LogP contribution in [0.1, 0.15) is 10.4 Å². The quantitative estimate of drug-likeness (QED) is 0.649. The Labute approximate surface area is 147 Å². The van der Waals surface area contributed by atoms with Crippen molar-refractivity contribution in [1.82, 2.24) is 14.9 Å². The largest absolute Gasteiger partial charge is 0.506 e. The fraction of sp³-hybridized carbons (Fsp3) is 0.375. The van der Waals surface area contributed by atoms with Gasteiger partial charge in [0.1, 0.15) is 29.3 Å². The van der Waals surface area contributed by atoms with Crippen LogP contribution in [-0.4, -0.2) is 64.5 Å². The number of carbonyl (C=O) groups excluding carboxylic acids is 1. The second kappa shape index (κ2) is 7.00. The second-order valence-corrected chi connectivity index (χ2v) is 5.80. The normalized spacial score (nSPS) is 14.4. The fourth-order valence-corrected chi connectivity index (χ4v) is 2.80. The summed E-state index contributed by atoms with van der Waals surface area (Å²) >= 11 is 0. The van der Waals surface area contributed by atoms with Gasteiger partial charge in [-0.3, -0.25) is 19.0 Å². The van der Waals surface area contributed by atoms with Gasteiger partial charge in [0.25, 0.3) is 11.5 Å². The molecule has 10 nitrogen and oxygen atoms in total. The molecule has 0 radical (unpaired) electrons. The number of nitrogens with zero attached hydrogens (tertiary/aromatic N) is 3. The smallest absolute Gasteiger partial charge is 0.322 e. The molecule has 1 aliphatic rings. The number of fused-ring (bicyclic) bond motifs is 1. The second-order valence-electron chi connectivity index (χ2n) is 5.80. The number of carbonyl (C=O) groups is 2. The van der Waals surface area contributed by atoms with E-state index in [-0.39, 0.29) is 11.0 Å². The van der Waals surface area contributed by atoms with Gasteiger partial charge < -0.3 is 25.2 Å². The van der Waals surface area contributed by atoms with Crippen LogP contribution in [0.15, 0.2) is 16.9 Å². The number of aromatic nitrogens is 2. The average Bonchev–Trinajstić information content (AvgIpc) is 2.65. The summed E-state index contributed by atoms with van der Waals surface area (Å²) in [5.74, 6) is -2.10. The van der Waals surface area contributed by atoms with Crippen molar-refractivity contribution in [3.05, 3.63) is 28.0 Å². The molecule has 2 aromatic heterocycles. The molecule has 10 heteroatoms. The molecule has 1 fully saturated rings. The predicted octanol–water partition coefficient (Wildman–Crippen LogP) is -0.710. The summed E-state index contributed by atoms with van der Waals surface area (Å²) in [6.07, 6.45) is 0. The maximum atomic E-state index is 12.5. The Morgan fingerprint density at radius 3 is 2.65 bits per heavy atom. The summed E-state index contributed by atoms with van der Waals surface area (Å²) in [7, 11) is 1.44. The fourth-order valence-electron chi connectivity index (χ4n) is 2.80. The lowest BCUT2D eigenvalue weighted by Gasteiger charge is -2.28. The molecule has 0 aliphatic carbocycles. The number of amides is 1. The Morgan fingerprint density at radius 2 is 2.00 bits per heavy atom. The highest BCUT2D eigenvalue weighted by Gasteiger charge is 2.23. The molecule has 2 aromatic rings. The highest BCUT2D eigenvalue weighted by Crippen LogP contribution is 2.27. The molecule has 138 valence electrons. The molecule has 0 unspecified atom stereocenters. The number of morpholine rings is 1. The SMILES string of the molecule is Cn1c(=O)c(C(=O)NCC(=O)O)c(O)c2ccc(N3CCOCC3)nc21. The predicted molar refractivity (Wildman–Crippen MR) is 91.6 cm³/mol. The van der Waals surface area contributed by atoms with Crippen molar-refractivity contribution >= 4 is 28.7 Å². The number of carboxylic acids is 1. The topological polar surface area (TPSA) is 134 Å². The van der Waals surface area contributed by atoms with E-state index < -0.39 is 35.3 Å². The molecule has 3 N–H and O–H groups in total. The highest BCUT2D eigenvalue weighted by molar-refractivity contribution is 6.02. The molecule has 0 spiro atoms. The van der Waals surface area contributed by atoms with Gasteiger partial charge in [-0.25, -0.2) is 4.98 Å². The maximum Gasteiger partial charge on any atom is 0.322 e. The minimum Gasteiger partial charge on any atom is -0.506 e. The van der Waals surface area contributed by atoms with E-state index in [1.807, 2.05) is 4.90 Å². The number of hydrogen-bond donors (Lipinski definition) is 3. The van der Waals surface area contributed by atoms with E-state index in [0.29, 0.717) is 32.1 Å². The molecule has 0 saturated carbocycles. The summed E-state index contributed by atoms with van der Waals surface area (Å²) in [5.41, 5.74) is -1.04. The van der Waals surface area contributed by atoms with Gasteiger partial charge in [0.2, 0.25) is 0 Å². The molecule has 1 amide bonds. The molecule has 3 rings (SSSR count). The van der Waals surface area contributed by atoms with Crippen molar-refractivity contribution < 1.29 is 24.5 Å². The van der Waals surface area contributed by atoms with Gasteiger partial charge in [0.15, 0.2) is 0 Å². The first-order valence-electron chi connectivity index (χ1n) is 7.95. The van der Waals surface area contributed by atoms with E-state index in [1.165, 1.54) is 7.05 Å². The first kappa shape index (κ1) is 17.7. The van der Waals surface area contributed by atoms with E-state index in [1.54, 1.807) is 12.1 Å². The molecule has 26 heavy (non-hydrogen) atoms. The summed E-state index contributed by atoms with van der Waals surface area (Å²) in [4.78, 5) is 41.6. The lowest BCUT2D eigenvalue weighted by molar-refractivity contribution is -0.135. The van der Waals surface area contributed by atoms with Crippen LogP contribution in [0.4, 0.5) is 5.82 Å². The van der Waals surface area contributed by atoms with E-state index in [0.717, 1.165) is 4.57 Å². The first-order chi connectivity index (χ1) is 12.4. The minimum atomic E-state index is -1.26. The minimum absolute atomic E-state index is 0.226. The Hall–Kier alpha value is -3.14. The maximum absolute atomic E-state index is 12.5. The van der Waals surface area contributed by atoms with Crippen LogP contribution in [0.2, 0.25) is 0 Å². The molecule has 0 bridgehead atoms. The number of rotatable bonds is 4. The van der Waals surface area contributed by atoms with Crippen molar-refractivity contribution in [2.24, 2.45) is 7.05 Å². The standard InChI is InChI=1S/C16H18N4O6/c1-19-14-9(2-3-10(18-14)20-4-6-26-7-5-20)13(23)12(16(19)25)15(24)17-8-11(21)22/h2-3,23H,4-8H2,1H3,(H,17,24)(H,21,22). The summed E-state index contributed by atoms with van der Waals surface area (Å²) in [6, 6.07) is 3.27. The van der Waals surface area contributed by atoms with Crippen LogP contribution < -0.4 is 15.8 Å². The van der Waals surface area contributed by atoms with Crippen molar-refractivity contribution in [2.45, 2.75) is 0 Å². The number of aromatic hydroxyl groups is 1. The molecule has 0 aromatic carbocycles. The van der Waals surface area contributed by atoms with Gasteiger partial charge in [-0.15, -0.1) is 0 Å². The van der Waals surface area contributed by atoms with Crippen molar-refractivity contribution in [1.29, 1.82) is 0 Å². The number of carboxylic acid groups (broad SMARTS) is 1. The number of nitrogens with one attached hydrogen (secondary N) is 1. The summed E-state index contributed by atoms with van der Waals surface area (Å²) in [5, 5.41) is 21.3. The van der Waals surface area contributed by atoms with E-state index in [2.05, 4.69) is 10.3 Å². The average molecular weight is 362 g/mol.